The molecule has 4 aromatic carbocycles. The predicted molar refractivity (Wildman–Crippen MR) is 119 cm³/mol. The van der Waals surface area contributed by atoms with Gasteiger partial charge in [-0.15, -0.1) is 0 Å². The lowest BCUT2D eigenvalue weighted by atomic mass is 9.91. The van der Waals surface area contributed by atoms with Crippen LogP contribution in [0.5, 0.6) is 5.75 Å². The summed E-state index contributed by atoms with van der Waals surface area (Å²) in [5, 5.41) is 6.95. The first-order valence-electron chi connectivity index (χ1n) is 9.31. The number of methoxy groups -OCH3 is 1. The van der Waals surface area contributed by atoms with E-state index in [2.05, 4.69) is 73.3 Å². The Kier molecular flexibility index (Phi) is 3.84. The fourth-order valence-corrected chi connectivity index (χ4v) is 4.09. The zero-order valence-corrected chi connectivity index (χ0v) is 15.6. The van der Waals surface area contributed by atoms with Crippen LogP contribution in [0, 0.1) is 0 Å². The van der Waals surface area contributed by atoms with E-state index < -0.39 is 0 Å². The lowest BCUT2D eigenvalue weighted by molar-refractivity contribution is 0.420. The van der Waals surface area contributed by atoms with Gasteiger partial charge in [-0.2, -0.15) is 0 Å². The molecule has 5 rings (SSSR count). The predicted octanol–water partition coefficient (Wildman–Crippen LogP) is 6.86. The quantitative estimate of drug-likeness (QED) is 0.327. The third-order valence-corrected chi connectivity index (χ3v) is 5.37. The molecule has 0 fully saturated rings. The van der Waals surface area contributed by atoms with Crippen molar-refractivity contribution < 1.29 is 4.74 Å². The van der Waals surface area contributed by atoms with E-state index in [1.807, 2.05) is 18.3 Å². The molecule has 0 aliphatic rings. The maximum Gasteiger partial charge on any atom is 0.127 e. The van der Waals surface area contributed by atoms with Crippen LogP contribution in [0.2, 0.25) is 0 Å². The van der Waals surface area contributed by atoms with Gasteiger partial charge in [0.1, 0.15) is 5.75 Å². The maximum atomic E-state index is 5.65. The Morgan fingerprint density at radius 2 is 1.54 bits per heavy atom. The average Bonchev–Trinajstić information content (AvgIpc) is 2.77. The summed E-state index contributed by atoms with van der Waals surface area (Å²) in [6.07, 6.45) is 3.77. The highest BCUT2D eigenvalue weighted by molar-refractivity contribution is 6.17. The molecule has 134 valence electrons. The summed E-state index contributed by atoms with van der Waals surface area (Å²) >= 11 is 0. The van der Waals surface area contributed by atoms with Crippen molar-refractivity contribution in [2.75, 3.05) is 7.11 Å². The molecule has 0 spiro atoms. The van der Waals surface area contributed by atoms with E-state index in [4.69, 9.17) is 9.72 Å². The van der Waals surface area contributed by atoms with Gasteiger partial charge in [0.2, 0.25) is 0 Å². The second-order valence-corrected chi connectivity index (χ2v) is 6.84. The highest BCUT2D eigenvalue weighted by Crippen LogP contribution is 2.41. The van der Waals surface area contributed by atoms with Crippen molar-refractivity contribution in [2.45, 2.75) is 0 Å². The topological polar surface area (TPSA) is 22.1 Å². The molecule has 0 saturated carbocycles. The van der Waals surface area contributed by atoms with Gasteiger partial charge in [0, 0.05) is 22.5 Å². The average molecular weight is 361 g/mol. The van der Waals surface area contributed by atoms with Gasteiger partial charge in [-0.3, -0.25) is 4.98 Å². The summed E-state index contributed by atoms with van der Waals surface area (Å²) in [4.78, 5) is 4.85. The van der Waals surface area contributed by atoms with Gasteiger partial charge in [0.15, 0.2) is 0 Å². The SMILES string of the molecule is C=Cc1cc(OC)c2ccccc2c1-c1nccc2ccc3ccccc3c12. The molecule has 0 atom stereocenters. The van der Waals surface area contributed by atoms with Crippen molar-refractivity contribution in [3.8, 4) is 17.0 Å². The van der Waals surface area contributed by atoms with Gasteiger partial charge in [0.05, 0.1) is 12.8 Å². The van der Waals surface area contributed by atoms with E-state index >= 15 is 0 Å². The molecule has 0 amide bonds. The van der Waals surface area contributed by atoms with Crippen molar-refractivity contribution in [2.24, 2.45) is 0 Å². The number of hydrogen-bond acceptors (Lipinski definition) is 2. The van der Waals surface area contributed by atoms with Crippen molar-refractivity contribution >= 4 is 38.4 Å². The fourth-order valence-electron chi connectivity index (χ4n) is 4.09. The first kappa shape index (κ1) is 16.5. The number of nitrogens with zero attached hydrogens (tertiary/aromatic N) is 1. The second-order valence-electron chi connectivity index (χ2n) is 6.84. The number of fused-ring (bicyclic) bond motifs is 4. The van der Waals surface area contributed by atoms with Crippen LogP contribution in [0.15, 0.2) is 85.6 Å². The molecule has 0 bridgehead atoms. The minimum Gasteiger partial charge on any atom is -0.496 e. The monoisotopic (exact) mass is 361 g/mol. The molecule has 0 N–H and O–H groups in total. The van der Waals surface area contributed by atoms with Crippen LogP contribution in [0.4, 0.5) is 0 Å². The van der Waals surface area contributed by atoms with Crippen molar-refractivity contribution in [3.63, 3.8) is 0 Å². The minimum atomic E-state index is 0.847. The number of ether oxygens (including phenoxy) is 1. The molecule has 1 heterocycles. The molecule has 0 aliphatic heterocycles. The Morgan fingerprint density at radius 3 is 2.32 bits per heavy atom. The van der Waals surface area contributed by atoms with Crippen molar-refractivity contribution in [1.29, 1.82) is 0 Å². The normalized spacial score (nSPS) is 11.2. The van der Waals surface area contributed by atoms with Crippen molar-refractivity contribution in [1.82, 2.24) is 4.98 Å². The summed E-state index contributed by atoms with van der Waals surface area (Å²) in [7, 11) is 1.71. The van der Waals surface area contributed by atoms with Crippen LogP contribution in [-0.2, 0) is 0 Å². The van der Waals surface area contributed by atoms with E-state index in [-0.39, 0.29) is 0 Å². The van der Waals surface area contributed by atoms with Crippen LogP contribution in [0.25, 0.3) is 49.7 Å². The molecule has 28 heavy (non-hydrogen) atoms. The molecule has 5 aromatic rings. The third-order valence-electron chi connectivity index (χ3n) is 5.37. The molecule has 0 unspecified atom stereocenters. The Bertz CT molecular complexity index is 1370. The highest BCUT2D eigenvalue weighted by Gasteiger charge is 2.17. The highest BCUT2D eigenvalue weighted by atomic mass is 16.5. The summed E-state index contributed by atoms with van der Waals surface area (Å²) in [6.45, 7) is 4.06. The molecular formula is C26H19NO. The lowest BCUT2D eigenvalue weighted by Gasteiger charge is -2.16. The molecule has 0 saturated heterocycles. The number of aromatic nitrogens is 1. The number of rotatable bonds is 3. The maximum absolute atomic E-state index is 5.65. The molecule has 2 nitrogen and oxygen atoms in total. The van der Waals surface area contributed by atoms with Crippen LogP contribution < -0.4 is 4.74 Å². The number of pyridine rings is 1. The fraction of sp³-hybridized carbons (Fsp3) is 0.0385. The number of benzene rings is 4. The molecule has 0 radical (unpaired) electrons. The summed E-state index contributed by atoms with van der Waals surface area (Å²) < 4.78 is 5.65. The largest absolute Gasteiger partial charge is 0.496 e. The molecule has 1 aromatic heterocycles. The first-order chi connectivity index (χ1) is 13.8. The number of hydrogen-bond donors (Lipinski definition) is 0. The first-order valence-corrected chi connectivity index (χ1v) is 9.31. The lowest BCUT2D eigenvalue weighted by Crippen LogP contribution is -1.94. The molecule has 2 heteroatoms. The summed E-state index contributed by atoms with van der Waals surface area (Å²) in [5.41, 5.74) is 3.08. The van der Waals surface area contributed by atoms with Crippen LogP contribution in [0.1, 0.15) is 5.56 Å². The van der Waals surface area contributed by atoms with E-state index in [0.29, 0.717) is 0 Å². The van der Waals surface area contributed by atoms with E-state index in [9.17, 15) is 0 Å². The Labute approximate surface area is 163 Å². The van der Waals surface area contributed by atoms with E-state index in [0.717, 1.165) is 33.3 Å². The third kappa shape index (κ3) is 2.39. The van der Waals surface area contributed by atoms with E-state index in [1.54, 1.807) is 7.11 Å². The van der Waals surface area contributed by atoms with Gasteiger partial charge >= 0.3 is 0 Å². The Balaban J connectivity index is 2.01. The minimum absolute atomic E-state index is 0.847. The molecular weight excluding hydrogens is 342 g/mol. The summed E-state index contributed by atoms with van der Waals surface area (Å²) in [6, 6.07) is 25.2. The van der Waals surface area contributed by atoms with Gasteiger partial charge in [-0.05, 0) is 39.2 Å². The Hall–Kier alpha value is -3.65. The van der Waals surface area contributed by atoms with Gasteiger partial charge < -0.3 is 4.74 Å². The zero-order valence-electron chi connectivity index (χ0n) is 15.6. The molecule has 0 aliphatic carbocycles. The van der Waals surface area contributed by atoms with Gasteiger partial charge in [-0.25, -0.2) is 0 Å². The van der Waals surface area contributed by atoms with Gasteiger partial charge in [-0.1, -0.05) is 73.3 Å². The van der Waals surface area contributed by atoms with Gasteiger partial charge in [0.25, 0.3) is 0 Å². The van der Waals surface area contributed by atoms with E-state index in [1.165, 1.54) is 21.5 Å². The van der Waals surface area contributed by atoms with Crippen LogP contribution >= 0.6 is 0 Å². The van der Waals surface area contributed by atoms with Crippen LogP contribution in [-0.4, -0.2) is 12.1 Å². The van der Waals surface area contributed by atoms with Crippen molar-refractivity contribution in [3.05, 3.63) is 91.1 Å². The standard InChI is InChI=1S/C26H19NO/c1-3-17-16-23(28-2)21-10-6-7-11-22(21)24(17)26-25-19(14-15-27-26)13-12-18-8-4-5-9-20(18)25/h3-16H,1H2,2H3. The Morgan fingerprint density at radius 1 is 0.821 bits per heavy atom. The summed E-state index contributed by atoms with van der Waals surface area (Å²) in [5.74, 6) is 0.847. The van der Waals surface area contributed by atoms with Crippen LogP contribution in [0.3, 0.4) is 0 Å². The smallest absolute Gasteiger partial charge is 0.127 e. The zero-order chi connectivity index (χ0) is 19.1. The second kappa shape index (κ2) is 6.50.